The van der Waals surface area contributed by atoms with E-state index in [4.69, 9.17) is 14.5 Å². The predicted octanol–water partition coefficient (Wildman–Crippen LogP) is 3.57. The first kappa shape index (κ1) is 16.3. The van der Waals surface area contributed by atoms with Crippen LogP contribution in [-0.4, -0.2) is 25.2 Å². The van der Waals surface area contributed by atoms with Crippen LogP contribution in [0.1, 0.15) is 25.1 Å². The first-order chi connectivity index (χ1) is 10.5. The lowest BCUT2D eigenvalue weighted by atomic mass is 10.1. The van der Waals surface area contributed by atoms with E-state index in [0.29, 0.717) is 6.04 Å². The second kappa shape index (κ2) is 7.27. The molecule has 0 aliphatic heterocycles. The van der Waals surface area contributed by atoms with Crippen LogP contribution < -0.4 is 14.8 Å². The van der Waals surface area contributed by atoms with Crippen molar-refractivity contribution in [2.24, 2.45) is 0 Å². The van der Waals surface area contributed by atoms with Gasteiger partial charge in [0.05, 0.1) is 19.9 Å². The zero-order chi connectivity index (χ0) is 16.1. The smallest absolute Gasteiger partial charge is 0.128 e. The number of pyridine rings is 1. The third kappa shape index (κ3) is 3.77. The van der Waals surface area contributed by atoms with E-state index < -0.39 is 0 Å². The highest BCUT2D eigenvalue weighted by molar-refractivity contribution is 5.69. The van der Waals surface area contributed by atoms with Crippen molar-refractivity contribution in [3.63, 3.8) is 0 Å². The summed E-state index contributed by atoms with van der Waals surface area (Å²) >= 11 is 0. The maximum Gasteiger partial charge on any atom is 0.128 e. The number of ether oxygens (including phenoxy) is 2. The molecule has 118 valence electrons. The molecule has 22 heavy (non-hydrogen) atoms. The van der Waals surface area contributed by atoms with Crippen molar-refractivity contribution in [1.82, 2.24) is 10.3 Å². The van der Waals surface area contributed by atoms with Crippen LogP contribution in [0, 0.1) is 6.92 Å². The van der Waals surface area contributed by atoms with E-state index in [9.17, 15) is 0 Å². The number of nitrogens with one attached hydrogen (secondary N) is 1. The largest absolute Gasteiger partial charge is 0.497 e. The molecule has 0 bridgehead atoms. The highest BCUT2D eigenvalue weighted by Gasteiger charge is 2.11. The van der Waals surface area contributed by atoms with Crippen molar-refractivity contribution >= 4 is 0 Å². The summed E-state index contributed by atoms with van der Waals surface area (Å²) in [6, 6.07) is 10.3. The van der Waals surface area contributed by atoms with Crippen LogP contribution in [0.4, 0.5) is 0 Å². The van der Waals surface area contributed by atoms with Gasteiger partial charge in [0.15, 0.2) is 0 Å². The highest BCUT2D eigenvalue weighted by Crippen LogP contribution is 2.32. The maximum absolute atomic E-state index is 5.44. The molecular formula is C18H24N2O2. The van der Waals surface area contributed by atoms with Gasteiger partial charge in [-0.15, -0.1) is 0 Å². The first-order valence-electron chi connectivity index (χ1n) is 7.47. The van der Waals surface area contributed by atoms with Crippen LogP contribution in [0.2, 0.25) is 0 Å². The summed E-state index contributed by atoms with van der Waals surface area (Å²) in [5.41, 5.74) is 4.06. The fourth-order valence-corrected chi connectivity index (χ4v) is 2.26. The van der Waals surface area contributed by atoms with Gasteiger partial charge in [-0.05, 0) is 36.8 Å². The lowest BCUT2D eigenvalue weighted by Gasteiger charge is -2.13. The average Bonchev–Trinajstić information content (AvgIpc) is 2.52. The number of aromatic nitrogens is 1. The Hall–Kier alpha value is -2.07. The number of rotatable bonds is 6. The summed E-state index contributed by atoms with van der Waals surface area (Å²) < 4.78 is 10.7. The fourth-order valence-electron chi connectivity index (χ4n) is 2.26. The Morgan fingerprint density at radius 1 is 1.09 bits per heavy atom. The van der Waals surface area contributed by atoms with Gasteiger partial charge in [0.2, 0.25) is 0 Å². The van der Waals surface area contributed by atoms with Crippen LogP contribution in [0.25, 0.3) is 11.3 Å². The second-order valence-corrected chi connectivity index (χ2v) is 5.54. The van der Waals surface area contributed by atoms with Gasteiger partial charge >= 0.3 is 0 Å². The van der Waals surface area contributed by atoms with Crippen LogP contribution in [0.3, 0.4) is 0 Å². The summed E-state index contributed by atoms with van der Waals surface area (Å²) in [7, 11) is 3.32. The van der Waals surface area contributed by atoms with E-state index in [2.05, 4.69) is 25.2 Å². The Balaban J connectivity index is 2.35. The lowest BCUT2D eigenvalue weighted by Crippen LogP contribution is -2.22. The Morgan fingerprint density at radius 2 is 1.86 bits per heavy atom. The Kier molecular flexibility index (Phi) is 5.39. The molecule has 1 aromatic carbocycles. The molecule has 1 N–H and O–H groups in total. The molecule has 0 saturated heterocycles. The Morgan fingerprint density at radius 3 is 2.45 bits per heavy atom. The van der Waals surface area contributed by atoms with Gasteiger partial charge in [-0.2, -0.15) is 0 Å². The van der Waals surface area contributed by atoms with E-state index in [1.165, 1.54) is 5.56 Å². The van der Waals surface area contributed by atoms with Gasteiger partial charge in [-0.1, -0.05) is 19.9 Å². The number of nitrogens with zero attached hydrogens (tertiary/aromatic N) is 1. The lowest BCUT2D eigenvalue weighted by molar-refractivity contribution is 0.404. The van der Waals surface area contributed by atoms with Gasteiger partial charge in [-0.3, -0.25) is 4.98 Å². The molecule has 0 unspecified atom stereocenters. The highest BCUT2D eigenvalue weighted by atomic mass is 16.5. The van der Waals surface area contributed by atoms with Crippen LogP contribution >= 0.6 is 0 Å². The molecule has 0 fully saturated rings. The maximum atomic E-state index is 5.44. The summed E-state index contributed by atoms with van der Waals surface area (Å²) in [5, 5.41) is 3.42. The molecule has 2 aromatic rings. The van der Waals surface area contributed by atoms with Crippen molar-refractivity contribution in [2.75, 3.05) is 14.2 Å². The van der Waals surface area contributed by atoms with Crippen LogP contribution in [0.5, 0.6) is 11.5 Å². The SMILES string of the molecule is COc1ccc(OC)c(-c2ccc(CNC(C)C)c(C)n2)c1. The second-order valence-electron chi connectivity index (χ2n) is 5.54. The molecule has 0 saturated carbocycles. The molecule has 1 heterocycles. The molecule has 4 heteroatoms. The van der Waals surface area contributed by atoms with Gasteiger partial charge in [0.1, 0.15) is 11.5 Å². The molecular weight excluding hydrogens is 276 g/mol. The van der Waals surface area contributed by atoms with Crippen molar-refractivity contribution in [3.05, 3.63) is 41.6 Å². The van der Waals surface area contributed by atoms with Crippen molar-refractivity contribution in [3.8, 4) is 22.8 Å². The topological polar surface area (TPSA) is 43.4 Å². The van der Waals surface area contributed by atoms with Gasteiger partial charge in [0, 0.05) is 23.8 Å². The van der Waals surface area contributed by atoms with Crippen molar-refractivity contribution in [1.29, 1.82) is 0 Å². The Labute approximate surface area is 132 Å². The number of benzene rings is 1. The predicted molar refractivity (Wildman–Crippen MR) is 89.5 cm³/mol. The molecule has 0 aliphatic carbocycles. The first-order valence-corrected chi connectivity index (χ1v) is 7.47. The van der Waals surface area contributed by atoms with E-state index in [0.717, 1.165) is 35.0 Å². The van der Waals surface area contributed by atoms with Crippen molar-refractivity contribution in [2.45, 2.75) is 33.4 Å². The fraction of sp³-hybridized carbons (Fsp3) is 0.389. The minimum absolute atomic E-state index is 0.456. The van der Waals surface area contributed by atoms with E-state index >= 15 is 0 Å². The third-order valence-corrected chi connectivity index (χ3v) is 3.58. The normalized spacial score (nSPS) is 10.8. The molecule has 1 aromatic heterocycles. The molecule has 4 nitrogen and oxygen atoms in total. The standard InChI is InChI=1S/C18H24N2O2/c1-12(2)19-11-14-6-8-17(20-13(14)3)16-10-15(21-4)7-9-18(16)22-5/h6-10,12,19H,11H2,1-5H3. The number of methoxy groups -OCH3 is 2. The number of hydrogen-bond donors (Lipinski definition) is 1. The molecule has 0 radical (unpaired) electrons. The van der Waals surface area contributed by atoms with Gasteiger partial charge in [0.25, 0.3) is 0 Å². The molecule has 0 spiro atoms. The number of aryl methyl sites for hydroxylation is 1. The molecule has 0 atom stereocenters. The average molecular weight is 300 g/mol. The molecule has 0 aliphatic rings. The minimum atomic E-state index is 0.456. The Bertz CT molecular complexity index is 639. The van der Waals surface area contributed by atoms with E-state index in [-0.39, 0.29) is 0 Å². The summed E-state index contributed by atoms with van der Waals surface area (Å²) in [4.78, 5) is 4.73. The number of hydrogen-bond acceptors (Lipinski definition) is 4. The quantitative estimate of drug-likeness (QED) is 0.885. The summed E-state index contributed by atoms with van der Waals surface area (Å²) in [5.74, 6) is 1.58. The zero-order valence-electron chi connectivity index (χ0n) is 13.9. The van der Waals surface area contributed by atoms with Crippen LogP contribution in [0.15, 0.2) is 30.3 Å². The van der Waals surface area contributed by atoms with Gasteiger partial charge < -0.3 is 14.8 Å². The molecule has 2 rings (SSSR count). The minimum Gasteiger partial charge on any atom is -0.497 e. The summed E-state index contributed by atoms with van der Waals surface area (Å²) in [6.45, 7) is 7.13. The van der Waals surface area contributed by atoms with E-state index in [1.807, 2.05) is 31.2 Å². The molecule has 0 amide bonds. The van der Waals surface area contributed by atoms with Crippen molar-refractivity contribution < 1.29 is 9.47 Å². The van der Waals surface area contributed by atoms with E-state index in [1.54, 1.807) is 14.2 Å². The van der Waals surface area contributed by atoms with Crippen LogP contribution in [-0.2, 0) is 6.54 Å². The third-order valence-electron chi connectivity index (χ3n) is 3.58. The summed E-state index contributed by atoms with van der Waals surface area (Å²) in [6.07, 6.45) is 0. The zero-order valence-corrected chi connectivity index (χ0v) is 13.9. The monoisotopic (exact) mass is 300 g/mol. The van der Waals surface area contributed by atoms with Gasteiger partial charge in [-0.25, -0.2) is 0 Å².